The molecule has 1 heterocycles. The quantitative estimate of drug-likeness (QED) is 0.819. The number of nitrogens with zero attached hydrogens (tertiary/aromatic N) is 1. The fourth-order valence-electron chi connectivity index (χ4n) is 1.33. The van der Waals surface area contributed by atoms with Crippen molar-refractivity contribution in [1.82, 2.24) is 4.98 Å². The van der Waals surface area contributed by atoms with Crippen molar-refractivity contribution >= 4 is 50.7 Å². The molecular weight excluding hydrogens is 339 g/mol. The van der Waals surface area contributed by atoms with Gasteiger partial charge in [-0.1, -0.05) is 23.2 Å². The minimum Gasteiger partial charge on any atom is -0.321 e. The lowest BCUT2D eigenvalue weighted by Crippen LogP contribution is -2.12. The van der Waals surface area contributed by atoms with Crippen LogP contribution in [0.5, 0.6) is 0 Å². The Morgan fingerprint density at radius 2 is 2.00 bits per heavy atom. The number of amides is 1. The van der Waals surface area contributed by atoms with Crippen LogP contribution >= 0.6 is 39.1 Å². The highest BCUT2D eigenvalue weighted by molar-refractivity contribution is 9.10. The van der Waals surface area contributed by atoms with Crippen molar-refractivity contribution in [2.75, 3.05) is 5.32 Å². The maximum Gasteiger partial charge on any atom is 0.255 e. The zero-order valence-electron chi connectivity index (χ0n) is 8.95. The highest BCUT2D eigenvalue weighted by atomic mass is 79.9. The Morgan fingerprint density at radius 1 is 1.22 bits per heavy atom. The van der Waals surface area contributed by atoms with Gasteiger partial charge in [-0.15, -0.1) is 0 Å². The summed E-state index contributed by atoms with van der Waals surface area (Å²) in [6, 6.07) is 8.23. The van der Waals surface area contributed by atoms with Crippen LogP contribution in [0.4, 0.5) is 5.69 Å². The second-order valence-electron chi connectivity index (χ2n) is 3.45. The van der Waals surface area contributed by atoms with Gasteiger partial charge in [-0.3, -0.25) is 4.79 Å². The number of carbonyl (C=O) groups excluding carboxylic acids is 1. The summed E-state index contributed by atoms with van der Waals surface area (Å²) in [7, 11) is 0. The Labute approximate surface area is 122 Å². The summed E-state index contributed by atoms with van der Waals surface area (Å²) in [5, 5.41) is 3.55. The van der Waals surface area contributed by atoms with Crippen molar-refractivity contribution < 1.29 is 4.79 Å². The number of benzene rings is 1. The van der Waals surface area contributed by atoms with Crippen LogP contribution in [-0.4, -0.2) is 10.9 Å². The van der Waals surface area contributed by atoms with Crippen LogP contribution in [0.25, 0.3) is 0 Å². The predicted molar refractivity (Wildman–Crippen MR) is 76.4 cm³/mol. The topological polar surface area (TPSA) is 42.0 Å². The molecule has 18 heavy (non-hydrogen) atoms. The number of halogens is 3. The Morgan fingerprint density at radius 3 is 2.72 bits per heavy atom. The first-order chi connectivity index (χ1) is 8.56. The first-order valence-electron chi connectivity index (χ1n) is 4.94. The van der Waals surface area contributed by atoms with Crippen LogP contribution < -0.4 is 5.32 Å². The van der Waals surface area contributed by atoms with Gasteiger partial charge in [-0.25, -0.2) is 4.98 Å². The fraction of sp³-hybridized carbons (Fsp3) is 0. The normalized spacial score (nSPS) is 10.2. The third-order valence-electron chi connectivity index (χ3n) is 2.17. The van der Waals surface area contributed by atoms with E-state index in [1.807, 2.05) is 0 Å². The van der Waals surface area contributed by atoms with Crippen molar-refractivity contribution in [3.05, 3.63) is 56.7 Å². The number of pyridine rings is 1. The minimum absolute atomic E-state index is 0.271. The molecule has 0 unspecified atom stereocenters. The first-order valence-corrected chi connectivity index (χ1v) is 6.49. The highest BCUT2D eigenvalue weighted by Crippen LogP contribution is 2.26. The number of anilines is 1. The molecule has 1 N–H and O–H groups in total. The van der Waals surface area contributed by atoms with Crippen molar-refractivity contribution in [3.8, 4) is 0 Å². The molecule has 0 fully saturated rings. The fourth-order valence-corrected chi connectivity index (χ4v) is 2.02. The van der Waals surface area contributed by atoms with E-state index >= 15 is 0 Å². The zero-order chi connectivity index (χ0) is 13.1. The van der Waals surface area contributed by atoms with Gasteiger partial charge in [0, 0.05) is 21.3 Å². The molecule has 0 aliphatic heterocycles. The summed E-state index contributed by atoms with van der Waals surface area (Å²) in [5.74, 6) is -0.276. The molecule has 0 bridgehead atoms. The lowest BCUT2D eigenvalue weighted by Gasteiger charge is -2.07. The molecule has 6 heteroatoms. The number of hydrogen-bond donors (Lipinski definition) is 1. The monoisotopic (exact) mass is 344 g/mol. The largest absolute Gasteiger partial charge is 0.321 e. The number of aromatic nitrogens is 1. The van der Waals surface area contributed by atoms with Gasteiger partial charge >= 0.3 is 0 Å². The SMILES string of the molecule is O=C(Nc1cc(Cl)ccc1Br)c1ccnc(Cl)c1. The van der Waals surface area contributed by atoms with Gasteiger partial charge < -0.3 is 5.32 Å². The molecular formula is C12H7BrCl2N2O. The summed E-state index contributed by atoms with van der Waals surface area (Å²) < 4.78 is 0.750. The summed E-state index contributed by atoms with van der Waals surface area (Å²) >= 11 is 14.9. The molecule has 0 atom stereocenters. The second-order valence-corrected chi connectivity index (χ2v) is 5.12. The minimum atomic E-state index is -0.276. The number of carbonyl (C=O) groups is 1. The molecule has 2 rings (SSSR count). The summed E-state index contributed by atoms with van der Waals surface area (Å²) in [6.07, 6.45) is 1.48. The van der Waals surface area contributed by atoms with Crippen molar-refractivity contribution in [1.29, 1.82) is 0 Å². The zero-order valence-corrected chi connectivity index (χ0v) is 12.1. The van der Waals surface area contributed by atoms with Crippen LogP contribution in [0.1, 0.15) is 10.4 Å². The number of nitrogens with one attached hydrogen (secondary N) is 1. The molecule has 3 nitrogen and oxygen atoms in total. The average molecular weight is 346 g/mol. The van der Waals surface area contributed by atoms with Crippen molar-refractivity contribution in [2.45, 2.75) is 0 Å². The Balaban J connectivity index is 2.24. The van der Waals surface area contributed by atoms with E-state index in [0.717, 1.165) is 4.47 Å². The second kappa shape index (κ2) is 5.69. The predicted octanol–water partition coefficient (Wildman–Crippen LogP) is 4.40. The lowest BCUT2D eigenvalue weighted by molar-refractivity contribution is 0.102. The Hall–Kier alpha value is -1.10. The summed E-state index contributed by atoms with van der Waals surface area (Å²) in [4.78, 5) is 15.8. The molecule has 1 amide bonds. The van der Waals surface area contributed by atoms with Crippen LogP contribution in [-0.2, 0) is 0 Å². The first kappa shape index (κ1) is 13.3. The Kier molecular flexibility index (Phi) is 4.22. The van der Waals surface area contributed by atoms with Crippen LogP contribution in [0.3, 0.4) is 0 Å². The molecule has 0 radical (unpaired) electrons. The van der Waals surface area contributed by atoms with Gasteiger partial charge in [-0.05, 0) is 46.3 Å². The van der Waals surface area contributed by atoms with E-state index < -0.39 is 0 Å². The standard InChI is InChI=1S/C12H7BrCl2N2O/c13-9-2-1-8(14)6-10(9)17-12(18)7-3-4-16-11(15)5-7/h1-6H,(H,17,18). The van der Waals surface area contributed by atoms with E-state index in [2.05, 4.69) is 26.2 Å². The van der Waals surface area contributed by atoms with Crippen LogP contribution in [0.15, 0.2) is 41.0 Å². The van der Waals surface area contributed by atoms with Gasteiger partial charge in [0.25, 0.3) is 5.91 Å². The van der Waals surface area contributed by atoms with E-state index in [-0.39, 0.29) is 11.1 Å². The van der Waals surface area contributed by atoms with E-state index in [0.29, 0.717) is 16.3 Å². The molecule has 1 aromatic heterocycles. The third-order valence-corrected chi connectivity index (χ3v) is 3.30. The maximum absolute atomic E-state index is 12.0. The molecule has 92 valence electrons. The van der Waals surface area contributed by atoms with E-state index in [4.69, 9.17) is 23.2 Å². The van der Waals surface area contributed by atoms with E-state index in [9.17, 15) is 4.79 Å². The van der Waals surface area contributed by atoms with E-state index in [1.54, 1.807) is 24.3 Å². The Bertz CT molecular complexity index is 604. The molecule has 2 aromatic rings. The average Bonchev–Trinajstić information content (AvgIpc) is 2.34. The van der Waals surface area contributed by atoms with Gasteiger partial charge in [0.05, 0.1) is 5.69 Å². The van der Waals surface area contributed by atoms with Crippen molar-refractivity contribution in [3.63, 3.8) is 0 Å². The molecule has 0 aliphatic carbocycles. The van der Waals surface area contributed by atoms with E-state index in [1.165, 1.54) is 12.3 Å². The summed E-state index contributed by atoms with van der Waals surface area (Å²) in [6.45, 7) is 0. The molecule has 0 saturated carbocycles. The third kappa shape index (κ3) is 3.22. The number of rotatable bonds is 2. The molecule has 0 saturated heterocycles. The molecule has 0 spiro atoms. The van der Waals surface area contributed by atoms with Gasteiger partial charge in [0.2, 0.25) is 0 Å². The van der Waals surface area contributed by atoms with Crippen LogP contribution in [0.2, 0.25) is 10.2 Å². The molecule has 1 aromatic carbocycles. The lowest BCUT2D eigenvalue weighted by atomic mass is 10.2. The van der Waals surface area contributed by atoms with Gasteiger partial charge in [-0.2, -0.15) is 0 Å². The summed E-state index contributed by atoms with van der Waals surface area (Å²) in [5.41, 5.74) is 1.03. The molecule has 0 aliphatic rings. The smallest absolute Gasteiger partial charge is 0.255 e. The van der Waals surface area contributed by atoms with Crippen molar-refractivity contribution in [2.24, 2.45) is 0 Å². The highest BCUT2D eigenvalue weighted by Gasteiger charge is 2.09. The van der Waals surface area contributed by atoms with Gasteiger partial charge in [0.15, 0.2) is 0 Å². The maximum atomic E-state index is 12.0. The number of hydrogen-bond acceptors (Lipinski definition) is 2. The van der Waals surface area contributed by atoms with Crippen LogP contribution in [0, 0.1) is 0 Å². The van der Waals surface area contributed by atoms with Gasteiger partial charge in [0.1, 0.15) is 5.15 Å².